The van der Waals surface area contributed by atoms with E-state index in [9.17, 15) is 4.79 Å². The second-order valence-corrected chi connectivity index (χ2v) is 2.93. The fraction of sp³-hybridized carbons (Fsp3) is 0.875. The maximum absolute atomic E-state index is 11.0. The quantitative estimate of drug-likeness (QED) is 0.371. The van der Waals surface area contributed by atoms with Crippen LogP contribution in [0.25, 0.3) is 0 Å². The zero-order valence-electron chi connectivity index (χ0n) is 7.67. The zero-order valence-corrected chi connectivity index (χ0v) is 8.56. The number of carbonyl (C=O) groups is 1. The predicted molar refractivity (Wildman–Crippen MR) is 52.6 cm³/mol. The highest BCUT2D eigenvalue weighted by Crippen LogP contribution is 1.92. The van der Waals surface area contributed by atoms with Crippen LogP contribution in [-0.2, 0) is 9.53 Å². The molecule has 0 heterocycles. The fourth-order valence-electron chi connectivity index (χ4n) is 0.818. The molecule has 0 aliphatic carbocycles. The van der Waals surface area contributed by atoms with Crippen molar-refractivity contribution in [1.29, 1.82) is 0 Å². The van der Waals surface area contributed by atoms with Gasteiger partial charge in [0.1, 0.15) is 6.04 Å². The lowest BCUT2D eigenvalue weighted by molar-refractivity contribution is -0.142. The van der Waals surface area contributed by atoms with E-state index >= 15 is 0 Å². The van der Waals surface area contributed by atoms with Gasteiger partial charge >= 0.3 is 5.97 Å². The largest absolute Gasteiger partial charge is 0.468 e. The minimum absolute atomic E-state index is 0.235. The van der Waals surface area contributed by atoms with Gasteiger partial charge in [-0.15, -0.1) is 0 Å². The first kappa shape index (κ1) is 11.8. The molecule has 0 aliphatic rings. The molecule has 4 heteroatoms. The first-order chi connectivity index (χ1) is 5.76. The average Bonchev–Trinajstić information content (AvgIpc) is 2.11. The number of nitrogens with one attached hydrogen (secondary N) is 1. The van der Waals surface area contributed by atoms with Crippen LogP contribution in [0.3, 0.4) is 0 Å². The summed E-state index contributed by atoms with van der Waals surface area (Å²) in [7, 11) is 1.39. The standard InChI is InChI=1S/C8H17NO2S/c1-3-4-5-9-7(6-12)8(10)11-2/h7,9,12H,3-6H2,1-2H3/t7-/m0/s1. The summed E-state index contributed by atoms with van der Waals surface area (Å²) in [6, 6.07) is -0.259. The molecular weight excluding hydrogens is 174 g/mol. The van der Waals surface area contributed by atoms with Crippen molar-refractivity contribution >= 4 is 18.6 Å². The topological polar surface area (TPSA) is 38.3 Å². The first-order valence-electron chi connectivity index (χ1n) is 4.18. The maximum atomic E-state index is 11.0. The maximum Gasteiger partial charge on any atom is 0.323 e. The van der Waals surface area contributed by atoms with E-state index in [2.05, 4.69) is 29.6 Å². The van der Waals surface area contributed by atoms with Crippen molar-refractivity contribution in [1.82, 2.24) is 5.32 Å². The molecule has 1 atom stereocenters. The van der Waals surface area contributed by atoms with E-state index in [1.54, 1.807) is 0 Å². The van der Waals surface area contributed by atoms with Gasteiger partial charge in [-0.25, -0.2) is 0 Å². The number of unbranched alkanes of at least 4 members (excludes halogenated alkanes) is 1. The highest BCUT2D eigenvalue weighted by molar-refractivity contribution is 7.80. The van der Waals surface area contributed by atoms with Gasteiger partial charge in [0.2, 0.25) is 0 Å². The van der Waals surface area contributed by atoms with Gasteiger partial charge in [0.15, 0.2) is 0 Å². The summed E-state index contributed by atoms with van der Waals surface area (Å²) < 4.78 is 4.58. The molecule has 0 fully saturated rings. The van der Waals surface area contributed by atoms with Gasteiger partial charge in [0.25, 0.3) is 0 Å². The predicted octanol–water partition coefficient (Wildman–Crippen LogP) is 0.847. The number of hydrogen-bond donors (Lipinski definition) is 2. The summed E-state index contributed by atoms with van der Waals surface area (Å²) >= 11 is 4.05. The van der Waals surface area contributed by atoms with Crippen LogP contribution in [0.4, 0.5) is 0 Å². The van der Waals surface area contributed by atoms with Crippen molar-refractivity contribution in [3.63, 3.8) is 0 Å². The molecule has 3 nitrogen and oxygen atoms in total. The second-order valence-electron chi connectivity index (χ2n) is 2.57. The molecule has 0 bridgehead atoms. The van der Waals surface area contributed by atoms with Crippen molar-refractivity contribution in [2.24, 2.45) is 0 Å². The van der Waals surface area contributed by atoms with Gasteiger partial charge < -0.3 is 10.1 Å². The number of esters is 1. The Morgan fingerprint density at radius 2 is 2.33 bits per heavy atom. The molecule has 72 valence electrons. The van der Waals surface area contributed by atoms with E-state index in [1.165, 1.54) is 7.11 Å². The van der Waals surface area contributed by atoms with E-state index < -0.39 is 0 Å². The number of hydrogen-bond acceptors (Lipinski definition) is 4. The van der Waals surface area contributed by atoms with Crippen LogP contribution >= 0.6 is 12.6 Å². The minimum Gasteiger partial charge on any atom is -0.468 e. The molecule has 0 aromatic rings. The van der Waals surface area contributed by atoms with Crippen molar-refractivity contribution in [2.75, 3.05) is 19.4 Å². The van der Waals surface area contributed by atoms with Crippen LogP contribution in [0, 0.1) is 0 Å². The SMILES string of the molecule is CCCCN[C@@H](CS)C(=O)OC. The molecule has 0 saturated heterocycles. The Hall–Kier alpha value is -0.220. The van der Waals surface area contributed by atoms with Gasteiger partial charge in [-0.3, -0.25) is 4.79 Å². The molecule has 0 rings (SSSR count). The molecular formula is C8H17NO2S. The lowest BCUT2D eigenvalue weighted by Crippen LogP contribution is -2.39. The first-order valence-corrected chi connectivity index (χ1v) is 4.81. The monoisotopic (exact) mass is 191 g/mol. The van der Waals surface area contributed by atoms with E-state index in [0.717, 1.165) is 19.4 Å². The Morgan fingerprint density at radius 3 is 2.75 bits per heavy atom. The molecule has 1 N–H and O–H groups in total. The van der Waals surface area contributed by atoms with Crippen molar-refractivity contribution in [3.05, 3.63) is 0 Å². The molecule has 12 heavy (non-hydrogen) atoms. The van der Waals surface area contributed by atoms with E-state index in [4.69, 9.17) is 0 Å². The van der Waals surface area contributed by atoms with Gasteiger partial charge in [0.05, 0.1) is 7.11 Å². The molecule has 0 amide bonds. The van der Waals surface area contributed by atoms with Crippen molar-refractivity contribution < 1.29 is 9.53 Å². The Bertz CT molecular complexity index is 130. The average molecular weight is 191 g/mol. The Balaban J connectivity index is 3.60. The number of methoxy groups -OCH3 is 1. The summed E-state index contributed by atoms with van der Waals surface area (Å²) in [4.78, 5) is 11.0. The third kappa shape index (κ3) is 4.62. The van der Waals surface area contributed by atoms with Crippen molar-refractivity contribution in [3.8, 4) is 0 Å². The normalized spacial score (nSPS) is 12.6. The summed E-state index contributed by atoms with van der Waals surface area (Å²) in [5.41, 5.74) is 0. The summed E-state index contributed by atoms with van der Waals surface area (Å²) in [6.45, 7) is 2.95. The second kappa shape index (κ2) is 7.43. The van der Waals surface area contributed by atoms with Gasteiger partial charge in [0, 0.05) is 5.75 Å². The van der Waals surface area contributed by atoms with Crippen molar-refractivity contribution in [2.45, 2.75) is 25.8 Å². The van der Waals surface area contributed by atoms with Crippen LogP contribution in [-0.4, -0.2) is 31.4 Å². The van der Waals surface area contributed by atoms with Crippen LogP contribution in [0.1, 0.15) is 19.8 Å². The van der Waals surface area contributed by atoms with E-state index in [-0.39, 0.29) is 12.0 Å². The summed E-state index contributed by atoms with van der Waals surface area (Å²) in [5.74, 6) is 0.247. The van der Waals surface area contributed by atoms with Crippen LogP contribution in [0.15, 0.2) is 0 Å². The Labute approximate surface area is 79.3 Å². The minimum atomic E-state index is -0.259. The number of ether oxygens (including phenoxy) is 1. The van der Waals surface area contributed by atoms with Crippen LogP contribution < -0.4 is 5.32 Å². The number of rotatable bonds is 6. The lowest BCUT2D eigenvalue weighted by atomic mass is 10.3. The van der Waals surface area contributed by atoms with Crippen LogP contribution in [0.2, 0.25) is 0 Å². The molecule has 0 spiro atoms. The van der Waals surface area contributed by atoms with E-state index in [0.29, 0.717) is 5.75 Å². The van der Waals surface area contributed by atoms with Gasteiger partial charge in [-0.1, -0.05) is 13.3 Å². The third-order valence-corrected chi connectivity index (χ3v) is 1.95. The number of carbonyl (C=O) groups excluding carboxylic acids is 1. The number of thiol groups is 1. The molecule has 0 radical (unpaired) electrons. The molecule has 0 unspecified atom stereocenters. The van der Waals surface area contributed by atoms with Gasteiger partial charge in [-0.2, -0.15) is 12.6 Å². The third-order valence-electron chi connectivity index (χ3n) is 1.59. The molecule has 0 saturated carbocycles. The molecule has 0 aromatic heterocycles. The summed E-state index contributed by atoms with van der Waals surface area (Å²) in [6.07, 6.45) is 2.19. The molecule has 0 aliphatic heterocycles. The fourth-order valence-corrected chi connectivity index (χ4v) is 1.10. The zero-order chi connectivity index (χ0) is 9.40. The highest BCUT2D eigenvalue weighted by Gasteiger charge is 2.15. The lowest BCUT2D eigenvalue weighted by Gasteiger charge is -2.13. The smallest absolute Gasteiger partial charge is 0.323 e. The highest BCUT2D eigenvalue weighted by atomic mass is 32.1. The summed E-state index contributed by atoms with van der Waals surface area (Å²) in [5, 5.41) is 3.07. The Morgan fingerprint density at radius 1 is 1.67 bits per heavy atom. The Kier molecular flexibility index (Phi) is 7.29. The van der Waals surface area contributed by atoms with Gasteiger partial charge in [-0.05, 0) is 13.0 Å². The van der Waals surface area contributed by atoms with Crippen LogP contribution in [0.5, 0.6) is 0 Å². The van der Waals surface area contributed by atoms with E-state index in [1.807, 2.05) is 0 Å². The molecule has 0 aromatic carbocycles.